The van der Waals surface area contributed by atoms with E-state index < -0.39 is 6.04 Å². The summed E-state index contributed by atoms with van der Waals surface area (Å²) >= 11 is 1.42. The van der Waals surface area contributed by atoms with Gasteiger partial charge in [-0.15, -0.1) is 11.3 Å². The van der Waals surface area contributed by atoms with Crippen molar-refractivity contribution in [3.63, 3.8) is 0 Å². The third kappa shape index (κ3) is 3.88. The second-order valence-electron chi connectivity index (χ2n) is 6.71. The molecule has 142 valence electrons. The molecular weight excluding hydrogens is 360 g/mol. The van der Waals surface area contributed by atoms with E-state index in [1.165, 1.54) is 11.3 Å². The topological polar surface area (TPSA) is 69.0 Å². The van der Waals surface area contributed by atoms with E-state index in [4.69, 9.17) is 4.74 Å². The lowest BCUT2D eigenvalue weighted by atomic mass is 10.0. The van der Waals surface area contributed by atoms with Gasteiger partial charge in [-0.1, -0.05) is 0 Å². The highest BCUT2D eigenvalue weighted by Crippen LogP contribution is 2.32. The van der Waals surface area contributed by atoms with Crippen LogP contribution in [0.4, 0.5) is 5.13 Å². The fourth-order valence-electron chi connectivity index (χ4n) is 3.10. The number of amides is 1. The summed E-state index contributed by atoms with van der Waals surface area (Å²) in [7, 11) is 1.67. The number of hydrogen-bond acceptors (Lipinski definition) is 5. The molecule has 3 rings (SSSR count). The Morgan fingerprint density at radius 2 is 1.93 bits per heavy atom. The Morgan fingerprint density at radius 1 is 1.19 bits per heavy atom. The van der Waals surface area contributed by atoms with Crippen molar-refractivity contribution in [2.75, 3.05) is 12.4 Å². The van der Waals surface area contributed by atoms with Crippen LogP contribution in [0.15, 0.2) is 23.6 Å². The number of methoxy groups -OCH3 is 1. The Hall–Kier alpha value is -2.67. The summed E-state index contributed by atoms with van der Waals surface area (Å²) in [5.41, 5.74) is 5.87. The third-order valence-corrected chi connectivity index (χ3v) is 5.30. The minimum Gasteiger partial charge on any atom is -0.496 e. The van der Waals surface area contributed by atoms with Crippen molar-refractivity contribution in [2.24, 2.45) is 0 Å². The van der Waals surface area contributed by atoms with Gasteiger partial charge in [-0.3, -0.25) is 9.48 Å². The van der Waals surface area contributed by atoms with Gasteiger partial charge in [0.05, 0.1) is 18.5 Å². The van der Waals surface area contributed by atoms with Crippen LogP contribution in [-0.4, -0.2) is 27.8 Å². The van der Waals surface area contributed by atoms with Gasteiger partial charge in [-0.25, -0.2) is 4.98 Å². The molecule has 0 saturated carbocycles. The zero-order valence-electron chi connectivity index (χ0n) is 16.5. The molecule has 0 aliphatic rings. The largest absolute Gasteiger partial charge is 0.496 e. The monoisotopic (exact) mass is 384 g/mol. The molecule has 0 aliphatic heterocycles. The van der Waals surface area contributed by atoms with Gasteiger partial charge in [0.2, 0.25) is 0 Å². The van der Waals surface area contributed by atoms with E-state index in [-0.39, 0.29) is 5.91 Å². The fraction of sp³-hybridized carbons (Fsp3) is 0.350. The van der Waals surface area contributed by atoms with Crippen LogP contribution in [-0.2, 0) is 4.79 Å². The maximum Gasteiger partial charge on any atom is 0.250 e. The van der Waals surface area contributed by atoms with Gasteiger partial charge < -0.3 is 10.1 Å². The standard InChI is InChI=1S/C20H24N4O2S/c1-11-8-18(26-6)12(2)7-16(11)17-10-27-20(21-17)22-19(25)15(5)24-14(4)9-13(3)23-24/h7-10,15H,1-6H3,(H,21,22,25)/t15-/m1/s1. The summed E-state index contributed by atoms with van der Waals surface area (Å²) in [5.74, 6) is 0.725. The lowest BCUT2D eigenvalue weighted by molar-refractivity contribution is -0.119. The van der Waals surface area contributed by atoms with Crippen molar-refractivity contribution in [1.29, 1.82) is 0 Å². The molecule has 0 saturated heterocycles. The van der Waals surface area contributed by atoms with Gasteiger partial charge in [0.25, 0.3) is 5.91 Å². The number of benzene rings is 1. The maximum atomic E-state index is 12.6. The highest BCUT2D eigenvalue weighted by Gasteiger charge is 2.19. The van der Waals surface area contributed by atoms with Crippen LogP contribution in [0.3, 0.4) is 0 Å². The van der Waals surface area contributed by atoms with E-state index in [0.717, 1.165) is 39.5 Å². The Balaban J connectivity index is 1.79. The van der Waals surface area contributed by atoms with Crippen molar-refractivity contribution < 1.29 is 9.53 Å². The molecule has 0 aliphatic carbocycles. The first-order valence-corrected chi connectivity index (χ1v) is 9.63. The van der Waals surface area contributed by atoms with Crippen LogP contribution in [0.2, 0.25) is 0 Å². The van der Waals surface area contributed by atoms with Gasteiger partial charge in [0, 0.05) is 16.6 Å². The molecule has 0 spiro atoms. The maximum absolute atomic E-state index is 12.6. The Bertz CT molecular complexity index is 990. The molecular formula is C20H24N4O2S. The molecule has 1 amide bonds. The summed E-state index contributed by atoms with van der Waals surface area (Å²) in [6.45, 7) is 9.73. The van der Waals surface area contributed by atoms with E-state index in [1.54, 1.807) is 11.8 Å². The second kappa shape index (κ2) is 7.52. The van der Waals surface area contributed by atoms with E-state index in [9.17, 15) is 4.79 Å². The van der Waals surface area contributed by atoms with Crippen molar-refractivity contribution in [2.45, 2.75) is 40.7 Å². The van der Waals surface area contributed by atoms with Gasteiger partial charge in [0.15, 0.2) is 5.13 Å². The average molecular weight is 385 g/mol. The van der Waals surface area contributed by atoms with Crippen LogP contribution in [0.1, 0.15) is 35.5 Å². The van der Waals surface area contributed by atoms with E-state index in [1.807, 2.05) is 52.1 Å². The molecule has 2 heterocycles. The molecule has 0 radical (unpaired) electrons. The van der Waals surface area contributed by atoms with Gasteiger partial charge in [0.1, 0.15) is 11.8 Å². The van der Waals surface area contributed by atoms with Crippen LogP contribution in [0, 0.1) is 27.7 Å². The number of anilines is 1. The first kappa shape index (κ1) is 19.1. The molecule has 6 nitrogen and oxygen atoms in total. The molecule has 2 aromatic heterocycles. The van der Waals surface area contributed by atoms with Crippen molar-refractivity contribution >= 4 is 22.4 Å². The predicted molar refractivity (Wildman–Crippen MR) is 109 cm³/mol. The summed E-state index contributed by atoms with van der Waals surface area (Å²) in [6, 6.07) is 5.62. The Morgan fingerprint density at radius 3 is 2.56 bits per heavy atom. The third-order valence-electron chi connectivity index (χ3n) is 4.54. The van der Waals surface area contributed by atoms with Crippen molar-refractivity contribution in [1.82, 2.24) is 14.8 Å². The number of rotatable bonds is 5. The Kier molecular flexibility index (Phi) is 5.32. The number of ether oxygens (including phenoxy) is 1. The lowest BCUT2D eigenvalue weighted by Crippen LogP contribution is -2.25. The first-order chi connectivity index (χ1) is 12.8. The molecule has 0 fully saturated rings. The number of carbonyl (C=O) groups excluding carboxylic acids is 1. The Labute approximate surface area is 163 Å². The number of hydrogen-bond donors (Lipinski definition) is 1. The number of thiazole rings is 1. The minimum absolute atomic E-state index is 0.135. The van der Waals surface area contributed by atoms with Crippen LogP contribution >= 0.6 is 11.3 Å². The predicted octanol–water partition coefficient (Wildman–Crippen LogP) is 4.45. The number of carbonyl (C=O) groups is 1. The smallest absolute Gasteiger partial charge is 0.250 e. The van der Waals surface area contributed by atoms with Crippen LogP contribution < -0.4 is 10.1 Å². The number of nitrogens with zero attached hydrogens (tertiary/aromatic N) is 3. The van der Waals surface area contributed by atoms with Crippen molar-refractivity contribution in [3.05, 3.63) is 46.1 Å². The van der Waals surface area contributed by atoms with Gasteiger partial charge in [-0.2, -0.15) is 5.10 Å². The molecule has 7 heteroatoms. The van der Waals surface area contributed by atoms with Gasteiger partial charge >= 0.3 is 0 Å². The molecule has 0 bridgehead atoms. The zero-order valence-corrected chi connectivity index (χ0v) is 17.3. The highest BCUT2D eigenvalue weighted by molar-refractivity contribution is 7.14. The zero-order chi connectivity index (χ0) is 19.7. The second-order valence-corrected chi connectivity index (χ2v) is 7.57. The van der Waals surface area contributed by atoms with Gasteiger partial charge in [-0.05, 0) is 63.9 Å². The average Bonchev–Trinajstić information content (AvgIpc) is 3.21. The number of nitrogens with one attached hydrogen (secondary N) is 1. The normalized spacial score (nSPS) is 12.1. The summed E-state index contributed by atoms with van der Waals surface area (Å²) in [4.78, 5) is 17.2. The van der Waals surface area contributed by atoms with Crippen molar-refractivity contribution in [3.8, 4) is 17.0 Å². The summed E-state index contributed by atoms with van der Waals surface area (Å²) < 4.78 is 7.10. The van der Waals surface area contributed by atoms with E-state index in [2.05, 4.69) is 21.5 Å². The SMILES string of the molecule is COc1cc(C)c(-c2csc(NC(=O)[C@@H](C)n3nc(C)cc3C)n2)cc1C. The molecule has 1 N–H and O–H groups in total. The minimum atomic E-state index is -0.406. The highest BCUT2D eigenvalue weighted by atomic mass is 32.1. The summed E-state index contributed by atoms with van der Waals surface area (Å²) in [6.07, 6.45) is 0. The van der Waals surface area contributed by atoms with Crippen LogP contribution in [0.5, 0.6) is 5.75 Å². The molecule has 27 heavy (non-hydrogen) atoms. The molecule has 0 unspecified atom stereocenters. The number of aryl methyl sites for hydroxylation is 4. The fourth-order valence-corrected chi connectivity index (χ4v) is 3.81. The molecule has 1 aromatic carbocycles. The lowest BCUT2D eigenvalue weighted by Gasteiger charge is -2.13. The quantitative estimate of drug-likeness (QED) is 0.706. The summed E-state index contributed by atoms with van der Waals surface area (Å²) in [5, 5.41) is 9.83. The van der Waals surface area contributed by atoms with E-state index >= 15 is 0 Å². The first-order valence-electron chi connectivity index (χ1n) is 8.75. The number of aromatic nitrogens is 3. The van der Waals surface area contributed by atoms with Crippen LogP contribution in [0.25, 0.3) is 11.3 Å². The van der Waals surface area contributed by atoms with E-state index in [0.29, 0.717) is 5.13 Å². The molecule has 1 atom stereocenters. The molecule has 3 aromatic rings.